The number of hydrogen-bond acceptors (Lipinski definition) is 3. The van der Waals surface area contributed by atoms with E-state index in [2.05, 4.69) is 0 Å². The van der Waals surface area contributed by atoms with Crippen LogP contribution in [-0.2, 0) is 0 Å². The Hall–Kier alpha value is -0.670. The maximum absolute atomic E-state index is 11.4. The van der Waals surface area contributed by atoms with Gasteiger partial charge in [-0.25, -0.2) is 0 Å². The van der Waals surface area contributed by atoms with Gasteiger partial charge in [-0.2, -0.15) is 0 Å². The zero-order chi connectivity index (χ0) is 8.97. The fourth-order valence-electron chi connectivity index (χ4n) is 1.01. The van der Waals surface area contributed by atoms with E-state index in [1.807, 2.05) is 18.4 Å². The third kappa shape index (κ3) is 2.16. The smallest absolute Gasteiger partial charge is 0.173 e. The summed E-state index contributed by atoms with van der Waals surface area (Å²) in [6.45, 7) is 2.03. The van der Waals surface area contributed by atoms with Crippen molar-refractivity contribution >= 4 is 17.1 Å². The Morgan fingerprint density at radius 1 is 1.67 bits per heavy atom. The predicted octanol–water partition coefficient (Wildman–Crippen LogP) is 2.01. The first-order valence-corrected chi connectivity index (χ1v) is 4.82. The molecule has 0 bridgehead atoms. The summed E-state index contributed by atoms with van der Waals surface area (Å²) in [7, 11) is 0. The number of rotatable bonds is 4. The van der Waals surface area contributed by atoms with Gasteiger partial charge in [0.1, 0.15) is 0 Å². The van der Waals surface area contributed by atoms with Crippen LogP contribution in [0, 0.1) is 6.92 Å². The van der Waals surface area contributed by atoms with Gasteiger partial charge in [0.2, 0.25) is 0 Å². The quantitative estimate of drug-likeness (QED) is 0.727. The number of aliphatic hydroxyl groups excluding tert-OH is 1. The molecule has 3 heteroatoms. The van der Waals surface area contributed by atoms with Crippen molar-refractivity contribution in [1.29, 1.82) is 0 Å². The molecular formula is C9H12O2S. The van der Waals surface area contributed by atoms with Crippen molar-refractivity contribution in [3.63, 3.8) is 0 Å². The molecule has 1 N–H and O–H groups in total. The Balaban J connectivity index is 2.59. The highest BCUT2D eigenvalue weighted by Crippen LogP contribution is 2.17. The molecule has 0 aliphatic carbocycles. The van der Waals surface area contributed by atoms with Gasteiger partial charge in [0.15, 0.2) is 5.78 Å². The first-order valence-electron chi connectivity index (χ1n) is 3.94. The topological polar surface area (TPSA) is 37.3 Å². The summed E-state index contributed by atoms with van der Waals surface area (Å²) < 4.78 is 0. The molecule has 0 saturated heterocycles. The molecule has 12 heavy (non-hydrogen) atoms. The van der Waals surface area contributed by atoms with Gasteiger partial charge in [0.25, 0.3) is 0 Å². The molecule has 2 nitrogen and oxygen atoms in total. The third-order valence-electron chi connectivity index (χ3n) is 1.68. The normalized spacial score (nSPS) is 10.2. The monoisotopic (exact) mass is 184 g/mol. The third-order valence-corrected chi connectivity index (χ3v) is 2.73. The number of thiophene rings is 1. The largest absolute Gasteiger partial charge is 0.396 e. The van der Waals surface area contributed by atoms with E-state index in [9.17, 15) is 4.79 Å². The number of carbonyl (C=O) groups is 1. The second kappa shape index (κ2) is 4.38. The summed E-state index contributed by atoms with van der Waals surface area (Å²) in [6.07, 6.45) is 1.02. The van der Waals surface area contributed by atoms with Gasteiger partial charge in [-0.3, -0.25) is 4.79 Å². The highest BCUT2D eigenvalue weighted by molar-refractivity contribution is 7.12. The van der Waals surface area contributed by atoms with E-state index < -0.39 is 0 Å². The van der Waals surface area contributed by atoms with E-state index in [0.717, 1.165) is 10.4 Å². The van der Waals surface area contributed by atoms with Gasteiger partial charge in [-0.1, -0.05) is 0 Å². The molecule has 1 aromatic rings. The van der Waals surface area contributed by atoms with Crippen molar-refractivity contribution < 1.29 is 9.90 Å². The Kier molecular flexibility index (Phi) is 3.44. The first kappa shape index (κ1) is 9.42. The average Bonchev–Trinajstić information content (AvgIpc) is 2.47. The van der Waals surface area contributed by atoms with E-state index in [0.29, 0.717) is 12.8 Å². The van der Waals surface area contributed by atoms with Crippen molar-refractivity contribution in [2.45, 2.75) is 19.8 Å². The lowest BCUT2D eigenvalue weighted by Crippen LogP contribution is -1.99. The molecule has 0 atom stereocenters. The summed E-state index contributed by atoms with van der Waals surface area (Å²) in [5.41, 5.74) is 1.04. The maximum Gasteiger partial charge on any atom is 0.173 e. The van der Waals surface area contributed by atoms with Crippen LogP contribution in [0.15, 0.2) is 11.4 Å². The van der Waals surface area contributed by atoms with Crippen LogP contribution in [-0.4, -0.2) is 17.5 Å². The Morgan fingerprint density at radius 3 is 2.92 bits per heavy atom. The van der Waals surface area contributed by atoms with Crippen LogP contribution >= 0.6 is 11.3 Å². The first-order chi connectivity index (χ1) is 5.75. The number of aryl methyl sites for hydroxylation is 1. The molecule has 1 heterocycles. The number of ketones is 1. The Bertz CT molecular complexity index is 265. The van der Waals surface area contributed by atoms with Crippen molar-refractivity contribution in [2.75, 3.05) is 6.61 Å². The summed E-state index contributed by atoms with van der Waals surface area (Å²) in [5.74, 6) is 0.150. The number of Topliss-reactive ketones (excluding diaryl/α,β-unsaturated/α-hetero) is 1. The summed E-state index contributed by atoms with van der Waals surface area (Å²) in [4.78, 5) is 12.2. The lowest BCUT2D eigenvalue weighted by Gasteiger charge is -1.96. The van der Waals surface area contributed by atoms with Gasteiger partial charge < -0.3 is 5.11 Å². The van der Waals surface area contributed by atoms with Crippen LogP contribution in [0.4, 0.5) is 0 Å². The van der Waals surface area contributed by atoms with Crippen molar-refractivity contribution in [3.8, 4) is 0 Å². The van der Waals surface area contributed by atoms with Crippen LogP contribution < -0.4 is 0 Å². The Labute approximate surface area is 75.9 Å². The molecule has 0 aliphatic rings. The van der Waals surface area contributed by atoms with Crippen LogP contribution in [0.2, 0.25) is 0 Å². The van der Waals surface area contributed by atoms with Crippen LogP contribution in [0.25, 0.3) is 0 Å². The molecule has 0 aliphatic heterocycles. The number of carbonyl (C=O) groups excluding carboxylic acids is 1. The lowest BCUT2D eigenvalue weighted by molar-refractivity contribution is 0.0974. The minimum atomic E-state index is 0.0934. The fourth-order valence-corrected chi connectivity index (χ4v) is 1.91. The zero-order valence-electron chi connectivity index (χ0n) is 7.04. The van der Waals surface area contributed by atoms with Gasteiger partial charge in [0, 0.05) is 13.0 Å². The van der Waals surface area contributed by atoms with Crippen LogP contribution in [0.3, 0.4) is 0 Å². The molecular weight excluding hydrogens is 172 g/mol. The van der Waals surface area contributed by atoms with Crippen LogP contribution in [0.5, 0.6) is 0 Å². The molecule has 0 amide bonds. The SMILES string of the molecule is Cc1ccsc1C(=O)CCCO. The molecule has 0 unspecified atom stereocenters. The van der Waals surface area contributed by atoms with E-state index in [4.69, 9.17) is 5.11 Å². The van der Waals surface area contributed by atoms with E-state index in [1.54, 1.807) is 0 Å². The molecule has 1 aromatic heterocycles. The van der Waals surface area contributed by atoms with Crippen LogP contribution in [0.1, 0.15) is 28.1 Å². The lowest BCUT2D eigenvalue weighted by atomic mass is 10.1. The van der Waals surface area contributed by atoms with E-state index >= 15 is 0 Å². The molecule has 1 rings (SSSR count). The second-order valence-electron chi connectivity index (χ2n) is 2.68. The fraction of sp³-hybridized carbons (Fsp3) is 0.444. The summed E-state index contributed by atoms with van der Waals surface area (Å²) >= 11 is 1.48. The highest BCUT2D eigenvalue weighted by Gasteiger charge is 2.08. The minimum absolute atomic E-state index is 0.0934. The standard InChI is InChI=1S/C9H12O2S/c1-7-4-6-12-9(7)8(11)3-2-5-10/h4,6,10H,2-3,5H2,1H3. The van der Waals surface area contributed by atoms with Crippen molar-refractivity contribution in [3.05, 3.63) is 21.9 Å². The molecule has 0 radical (unpaired) electrons. The molecule has 0 spiro atoms. The highest BCUT2D eigenvalue weighted by atomic mass is 32.1. The van der Waals surface area contributed by atoms with Crippen molar-refractivity contribution in [2.24, 2.45) is 0 Å². The minimum Gasteiger partial charge on any atom is -0.396 e. The summed E-state index contributed by atoms with van der Waals surface area (Å²) in [5, 5.41) is 10.5. The van der Waals surface area contributed by atoms with Gasteiger partial charge in [0.05, 0.1) is 4.88 Å². The molecule has 0 saturated carbocycles. The maximum atomic E-state index is 11.4. The second-order valence-corrected chi connectivity index (χ2v) is 3.60. The predicted molar refractivity (Wildman–Crippen MR) is 49.7 cm³/mol. The molecule has 0 aromatic carbocycles. The van der Waals surface area contributed by atoms with Gasteiger partial charge in [-0.05, 0) is 30.4 Å². The molecule has 0 fully saturated rings. The van der Waals surface area contributed by atoms with E-state index in [-0.39, 0.29) is 12.4 Å². The van der Waals surface area contributed by atoms with E-state index in [1.165, 1.54) is 11.3 Å². The number of aliphatic hydroxyl groups is 1. The zero-order valence-corrected chi connectivity index (χ0v) is 7.86. The van der Waals surface area contributed by atoms with Crippen molar-refractivity contribution in [1.82, 2.24) is 0 Å². The molecule has 66 valence electrons. The van der Waals surface area contributed by atoms with Gasteiger partial charge >= 0.3 is 0 Å². The average molecular weight is 184 g/mol. The summed E-state index contributed by atoms with van der Waals surface area (Å²) in [6, 6.07) is 1.94. The van der Waals surface area contributed by atoms with Gasteiger partial charge in [-0.15, -0.1) is 11.3 Å². The Morgan fingerprint density at radius 2 is 2.42 bits per heavy atom. The number of hydrogen-bond donors (Lipinski definition) is 1.